The maximum absolute atomic E-state index is 5.02. The predicted octanol–water partition coefficient (Wildman–Crippen LogP) is 3.33. The van der Waals surface area contributed by atoms with Gasteiger partial charge in [0.05, 0.1) is 5.52 Å². The number of hydrogen-bond donors (Lipinski definition) is 1. The van der Waals surface area contributed by atoms with Gasteiger partial charge in [-0.15, -0.1) is 0 Å². The Kier molecular flexibility index (Phi) is 3.30. The van der Waals surface area contributed by atoms with Crippen LogP contribution in [-0.4, -0.2) is 24.6 Å². The zero-order valence-corrected chi connectivity index (χ0v) is 12.7. The van der Waals surface area contributed by atoms with Gasteiger partial charge in [-0.1, -0.05) is 18.2 Å². The molecule has 0 aliphatic heterocycles. The molecule has 2 saturated carbocycles. The minimum absolute atomic E-state index is 0.731. The standard InChI is InChI=1S/C18H23N3/c1-19-11-15-10-14-4-2-3-5-17(14)20-18(15)21(16-8-9-16)12-13-6-7-13/h2-5,10,13,16,19H,6-9,11-12H2,1H3. The Morgan fingerprint density at radius 1 is 1.19 bits per heavy atom. The average molecular weight is 281 g/mol. The fraction of sp³-hybridized carbons (Fsp3) is 0.500. The Balaban J connectivity index is 1.77. The van der Waals surface area contributed by atoms with Crippen LogP contribution in [0.1, 0.15) is 31.2 Å². The molecule has 4 rings (SSSR count). The molecule has 110 valence electrons. The largest absolute Gasteiger partial charge is 0.353 e. The summed E-state index contributed by atoms with van der Waals surface area (Å²) in [6, 6.07) is 11.5. The predicted molar refractivity (Wildman–Crippen MR) is 87.6 cm³/mol. The molecule has 1 aromatic heterocycles. The van der Waals surface area contributed by atoms with Crippen LogP contribution in [0.25, 0.3) is 10.9 Å². The highest BCUT2D eigenvalue weighted by molar-refractivity contribution is 5.82. The lowest BCUT2D eigenvalue weighted by Gasteiger charge is -2.26. The first-order valence-electron chi connectivity index (χ1n) is 8.15. The van der Waals surface area contributed by atoms with Crippen molar-refractivity contribution in [1.82, 2.24) is 10.3 Å². The maximum atomic E-state index is 5.02. The second kappa shape index (κ2) is 5.30. The van der Waals surface area contributed by atoms with Crippen molar-refractivity contribution in [2.24, 2.45) is 5.92 Å². The van der Waals surface area contributed by atoms with Gasteiger partial charge in [0, 0.05) is 30.1 Å². The number of aromatic nitrogens is 1. The van der Waals surface area contributed by atoms with E-state index in [4.69, 9.17) is 4.98 Å². The number of pyridine rings is 1. The zero-order valence-electron chi connectivity index (χ0n) is 12.7. The maximum Gasteiger partial charge on any atom is 0.134 e. The molecule has 2 aliphatic rings. The van der Waals surface area contributed by atoms with Gasteiger partial charge < -0.3 is 10.2 Å². The van der Waals surface area contributed by atoms with E-state index in [1.165, 1.54) is 49.0 Å². The van der Waals surface area contributed by atoms with Crippen LogP contribution in [0.5, 0.6) is 0 Å². The van der Waals surface area contributed by atoms with E-state index in [1.807, 2.05) is 7.05 Å². The van der Waals surface area contributed by atoms with E-state index in [1.54, 1.807) is 0 Å². The summed E-state index contributed by atoms with van der Waals surface area (Å²) in [4.78, 5) is 7.62. The number of para-hydroxylation sites is 1. The molecule has 0 spiro atoms. The van der Waals surface area contributed by atoms with E-state index in [0.29, 0.717) is 0 Å². The lowest BCUT2D eigenvalue weighted by Crippen LogP contribution is -2.30. The Bertz CT molecular complexity index is 644. The van der Waals surface area contributed by atoms with Gasteiger partial charge >= 0.3 is 0 Å². The van der Waals surface area contributed by atoms with Gasteiger partial charge in [-0.2, -0.15) is 0 Å². The van der Waals surface area contributed by atoms with Gasteiger partial charge in [0.2, 0.25) is 0 Å². The summed E-state index contributed by atoms with van der Waals surface area (Å²) in [6.07, 6.45) is 5.47. The van der Waals surface area contributed by atoms with Crippen LogP contribution in [0, 0.1) is 5.92 Å². The first kappa shape index (κ1) is 13.1. The molecule has 3 nitrogen and oxygen atoms in total. The Morgan fingerprint density at radius 3 is 2.71 bits per heavy atom. The lowest BCUT2D eigenvalue weighted by atomic mass is 10.1. The molecule has 0 saturated heterocycles. The highest BCUT2D eigenvalue weighted by atomic mass is 15.2. The molecule has 3 heteroatoms. The fourth-order valence-corrected chi connectivity index (χ4v) is 3.09. The topological polar surface area (TPSA) is 28.2 Å². The molecule has 0 radical (unpaired) electrons. The quantitative estimate of drug-likeness (QED) is 0.880. The molecular formula is C18H23N3. The third kappa shape index (κ3) is 2.75. The van der Waals surface area contributed by atoms with Crippen LogP contribution in [0.4, 0.5) is 5.82 Å². The summed E-state index contributed by atoms with van der Waals surface area (Å²) >= 11 is 0. The summed E-state index contributed by atoms with van der Waals surface area (Å²) in [6.45, 7) is 2.09. The van der Waals surface area contributed by atoms with Gasteiger partial charge in [0.15, 0.2) is 0 Å². The van der Waals surface area contributed by atoms with E-state index in [0.717, 1.165) is 24.0 Å². The summed E-state index contributed by atoms with van der Waals surface area (Å²) in [7, 11) is 2.02. The number of nitrogens with one attached hydrogen (secondary N) is 1. The van der Waals surface area contributed by atoms with Gasteiger partial charge in [-0.05, 0) is 50.8 Å². The van der Waals surface area contributed by atoms with Crippen LogP contribution in [-0.2, 0) is 6.54 Å². The number of benzene rings is 1. The molecule has 2 aromatic rings. The van der Waals surface area contributed by atoms with Crippen LogP contribution in [0.2, 0.25) is 0 Å². The van der Waals surface area contributed by atoms with Gasteiger partial charge in [0.1, 0.15) is 5.82 Å². The molecule has 2 aliphatic carbocycles. The first-order valence-corrected chi connectivity index (χ1v) is 8.15. The van der Waals surface area contributed by atoms with Crippen molar-refractivity contribution in [2.75, 3.05) is 18.5 Å². The molecule has 1 aromatic carbocycles. The third-order valence-electron chi connectivity index (χ3n) is 4.56. The number of anilines is 1. The van der Waals surface area contributed by atoms with Gasteiger partial charge in [0.25, 0.3) is 0 Å². The fourth-order valence-electron chi connectivity index (χ4n) is 3.09. The smallest absolute Gasteiger partial charge is 0.134 e. The van der Waals surface area contributed by atoms with Crippen molar-refractivity contribution in [1.29, 1.82) is 0 Å². The van der Waals surface area contributed by atoms with Crippen molar-refractivity contribution in [3.05, 3.63) is 35.9 Å². The monoisotopic (exact) mass is 281 g/mol. The highest BCUT2D eigenvalue weighted by Gasteiger charge is 2.35. The average Bonchev–Trinajstić information content (AvgIpc) is 3.38. The number of rotatable bonds is 6. The van der Waals surface area contributed by atoms with E-state index in [-0.39, 0.29) is 0 Å². The van der Waals surface area contributed by atoms with E-state index in [2.05, 4.69) is 40.5 Å². The molecule has 0 amide bonds. The summed E-state index contributed by atoms with van der Waals surface area (Å²) in [5, 5.41) is 4.55. The third-order valence-corrected chi connectivity index (χ3v) is 4.56. The molecule has 0 atom stereocenters. The SMILES string of the molecule is CNCc1cc2ccccc2nc1N(CC1CC1)C1CC1. The van der Waals surface area contributed by atoms with E-state index < -0.39 is 0 Å². The molecular weight excluding hydrogens is 258 g/mol. The normalized spacial score (nSPS) is 18.1. The van der Waals surface area contributed by atoms with Crippen LogP contribution in [0.15, 0.2) is 30.3 Å². The second-order valence-electron chi connectivity index (χ2n) is 6.52. The molecule has 21 heavy (non-hydrogen) atoms. The van der Waals surface area contributed by atoms with E-state index in [9.17, 15) is 0 Å². The Hall–Kier alpha value is -1.61. The number of hydrogen-bond acceptors (Lipinski definition) is 3. The van der Waals surface area contributed by atoms with Crippen LogP contribution >= 0.6 is 0 Å². The van der Waals surface area contributed by atoms with E-state index >= 15 is 0 Å². The molecule has 1 heterocycles. The Morgan fingerprint density at radius 2 is 2.00 bits per heavy atom. The van der Waals surface area contributed by atoms with Crippen LogP contribution in [0.3, 0.4) is 0 Å². The van der Waals surface area contributed by atoms with Crippen molar-refractivity contribution in [2.45, 2.75) is 38.3 Å². The van der Waals surface area contributed by atoms with Crippen molar-refractivity contribution in [3.63, 3.8) is 0 Å². The molecule has 0 bridgehead atoms. The summed E-state index contributed by atoms with van der Waals surface area (Å²) < 4.78 is 0. The number of fused-ring (bicyclic) bond motifs is 1. The van der Waals surface area contributed by atoms with Gasteiger partial charge in [-0.3, -0.25) is 0 Å². The van der Waals surface area contributed by atoms with Crippen molar-refractivity contribution in [3.8, 4) is 0 Å². The molecule has 0 unspecified atom stereocenters. The number of nitrogens with zero attached hydrogens (tertiary/aromatic N) is 2. The summed E-state index contributed by atoms with van der Waals surface area (Å²) in [5.41, 5.74) is 2.46. The van der Waals surface area contributed by atoms with Crippen molar-refractivity contribution < 1.29 is 0 Å². The minimum atomic E-state index is 0.731. The zero-order chi connectivity index (χ0) is 14.2. The van der Waals surface area contributed by atoms with Gasteiger partial charge in [-0.25, -0.2) is 4.98 Å². The lowest BCUT2D eigenvalue weighted by molar-refractivity contribution is 0.699. The second-order valence-corrected chi connectivity index (χ2v) is 6.52. The van der Waals surface area contributed by atoms with Crippen LogP contribution < -0.4 is 10.2 Å². The Labute approximate surface area is 126 Å². The highest BCUT2D eigenvalue weighted by Crippen LogP contribution is 2.38. The first-order chi connectivity index (χ1) is 10.3. The molecule has 2 fully saturated rings. The molecule has 1 N–H and O–H groups in total. The summed E-state index contributed by atoms with van der Waals surface area (Å²) in [5.74, 6) is 2.12. The van der Waals surface area contributed by atoms with Crippen molar-refractivity contribution >= 4 is 16.7 Å². The minimum Gasteiger partial charge on any atom is -0.353 e.